The molecule has 0 saturated heterocycles. The number of fused-ring (bicyclic) bond motifs is 4. The highest BCUT2D eigenvalue weighted by molar-refractivity contribution is 6.43. The molecule has 0 radical (unpaired) electrons. The van der Waals surface area contributed by atoms with Gasteiger partial charge in [0, 0.05) is 17.8 Å². The van der Waals surface area contributed by atoms with Crippen LogP contribution in [0.4, 0.5) is 8.78 Å². The Labute approximate surface area is 210 Å². The fourth-order valence-electron chi connectivity index (χ4n) is 8.07. The molecule has 0 amide bonds. The van der Waals surface area contributed by atoms with Crippen molar-refractivity contribution < 1.29 is 18.7 Å². The van der Waals surface area contributed by atoms with Crippen LogP contribution in [0.25, 0.3) is 0 Å². The van der Waals surface area contributed by atoms with Crippen molar-refractivity contribution in [2.45, 2.75) is 88.1 Å². The average molecular weight is 497 g/mol. The molecule has 6 rings (SSSR count). The molecule has 5 aliphatic rings. The van der Waals surface area contributed by atoms with Crippen LogP contribution < -0.4 is 0 Å². The molecule has 35 heavy (non-hydrogen) atoms. The molecule has 1 aromatic rings. The minimum Gasteiger partial charge on any atom is -0.382 e. The lowest BCUT2D eigenvalue weighted by atomic mass is 9.50. The summed E-state index contributed by atoms with van der Waals surface area (Å²) in [5, 5.41) is 11.9. The van der Waals surface area contributed by atoms with Crippen LogP contribution in [-0.2, 0) is 4.79 Å². The van der Waals surface area contributed by atoms with Crippen molar-refractivity contribution in [1.82, 2.24) is 0 Å². The Hall–Kier alpha value is -1.96. The molecule has 3 saturated carbocycles. The van der Waals surface area contributed by atoms with Crippen molar-refractivity contribution in [2.75, 3.05) is 0 Å². The first kappa shape index (κ1) is 23.4. The van der Waals surface area contributed by atoms with E-state index in [4.69, 9.17) is 18.0 Å². The number of benzene rings is 1. The summed E-state index contributed by atoms with van der Waals surface area (Å²) in [5.41, 5.74) is 2.56. The highest BCUT2D eigenvalue weighted by Gasteiger charge is 2.71. The van der Waals surface area contributed by atoms with Crippen molar-refractivity contribution in [3.05, 3.63) is 57.1 Å². The standard InChI is InChI=1S/C30H31ClF2O2/c1-3-30(32,33)29(35)15-14-24-22-11-10-21-20(12-13-25(34)27(21)31)26(22)23(16-28(24,29)2)19-8-6-18(7-9-19)17-4-5-17/h1,6-9,17,22-24,35H,4-5,10-16H2,2H3/t22-,23?,24-,28-,29-/m0/s1. The number of terminal acetylenes is 1. The molecule has 1 aromatic carbocycles. The van der Waals surface area contributed by atoms with Crippen molar-refractivity contribution in [3.63, 3.8) is 0 Å². The first-order valence-corrected chi connectivity index (χ1v) is 13.3. The van der Waals surface area contributed by atoms with Gasteiger partial charge in [0.15, 0.2) is 5.78 Å². The molecule has 5 aliphatic carbocycles. The van der Waals surface area contributed by atoms with Gasteiger partial charge >= 0.3 is 5.92 Å². The van der Waals surface area contributed by atoms with Gasteiger partial charge in [0.2, 0.25) is 0 Å². The van der Waals surface area contributed by atoms with Gasteiger partial charge in [-0.2, -0.15) is 8.78 Å². The van der Waals surface area contributed by atoms with E-state index in [0.29, 0.717) is 43.1 Å². The number of hydrogen-bond acceptors (Lipinski definition) is 2. The smallest absolute Gasteiger partial charge is 0.336 e. The Balaban J connectivity index is 1.52. The van der Waals surface area contributed by atoms with Gasteiger partial charge in [-0.05, 0) is 97.3 Å². The third kappa shape index (κ3) is 3.20. The molecular weight excluding hydrogens is 466 g/mol. The number of rotatable bonds is 3. The fraction of sp³-hybridized carbons (Fsp3) is 0.567. The Kier molecular flexibility index (Phi) is 5.20. The second kappa shape index (κ2) is 7.77. The van der Waals surface area contributed by atoms with Crippen LogP contribution in [0.15, 0.2) is 46.0 Å². The predicted octanol–water partition coefficient (Wildman–Crippen LogP) is 7.03. The maximum atomic E-state index is 15.2. The zero-order valence-electron chi connectivity index (χ0n) is 20.0. The summed E-state index contributed by atoms with van der Waals surface area (Å²) in [6, 6.07) is 8.64. The van der Waals surface area contributed by atoms with Crippen LogP contribution in [0.2, 0.25) is 0 Å². The van der Waals surface area contributed by atoms with Gasteiger partial charge in [0.05, 0.1) is 5.03 Å². The predicted molar refractivity (Wildman–Crippen MR) is 132 cm³/mol. The van der Waals surface area contributed by atoms with Crippen LogP contribution >= 0.6 is 11.6 Å². The molecule has 1 N–H and O–H groups in total. The van der Waals surface area contributed by atoms with E-state index in [1.165, 1.54) is 29.6 Å². The highest BCUT2D eigenvalue weighted by Crippen LogP contribution is 2.69. The van der Waals surface area contributed by atoms with E-state index in [0.717, 1.165) is 17.6 Å². The summed E-state index contributed by atoms with van der Waals surface area (Å²) < 4.78 is 30.3. The first-order chi connectivity index (χ1) is 16.6. The van der Waals surface area contributed by atoms with Gasteiger partial charge in [0.25, 0.3) is 0 Å². The van der Waals surface area contributed by atoms with Crippen LogP contribution in [-0.4, -0.2) is 22.4 Å². The lowest BCUT2D eigenvalue weighted by molar-refractivity contribution is -0.209. The minimum atomic E-state index is -3.60. The molecule has 0 bridgehead atoms. The van der Waals surface area contributed by atoms with Crippen molar-refractivity contribution in [2.24, 2.45) is 17.3 Å². The number of allylic oxidation sites excluding steroid dienone is 4. The third-order valence-corrected chi connectivity index (χ3v) is 10.5. The first-order valence-electron chi connectivity index (χ1n) is 12.9. The Morgan fingerprint density at radius 3 is 2.40 bits per heavy atom. The Morgan fingerprint density at radius 1 is 1.06 bits per heavy atom. The number of Topliss-reactive ketones (excluding diaryl/α,β-unsaturated/α-hetero) is 1. The quantitative estimate of drug-likeness (QED) is 0.456. The maximum Gasteiger partial charge on any atom is 0.336 e. The summed E-state index contributed by atoms with van der Waals surface area (Å²) in [6.07, 6.45) is 11.1. The van der Waals surface area contributed by atoms with E-state index in [-0.39, 0.29) is 30.0 Å². The van der Waals surface area contributed by atoms with Crippen LogP contribution in [0.3, 0.4) is 0 Å². The molecule has 1 unspecified atom stereocenters. The number of hydrogen-bond donors (Lipinski definition) is 1. The molecule has 0 aliphatic heterocycles. The summed E-state index contributed by atoms with van der Waals surface area (Å²) in [6.45, 7) is 1.84. The summed E-state index contributed by atoms with van der Waals surface area (Å²) in [7, 11) is 0. The molecule has 3 fully saturated rings. The fourth-order valence-corrected chi connectivity index (χ4v) is 8.37. The number of aliphatic hydroxyl groups is 1. The van der Waals surface area contributed by atoms with E-state index >= 15 is 8.78 Å². The molecule has 5 atom stereocenters. The summed E-state index contributed by atoms with van der Waals surface area (Å²) in [4.78, 5) is 12.4. The molecule has 0 aromatic heterocycles. The molecular formula is C30H31ClF2O2. The van der Waals surface area contributed by atoms with E-state index in [1.54, 1.807) is 5.92 Å². The molecule has 5 heteroatoms. The average Bonchev–Trinajstić information content (AvgIpc) is 3.66. The zero-order chi connectivity index (χ0) is 24.8. The second-order valence-corrected chi connectivity index (χ2v) is 12.0. The van der Waals surface area contributed by atoms with Gasteiger partial charge < -0.3 is 5.11 Å². The van der Waals surface area contributed by atoms with Crippen molar-refractivity contribution in [3.8, 4) is 12.3 Å². The van der Waals surface area contributed by atoms with Crippen LogP contribution in [0, 0.1) is 29.6 Å². The van der Waals surface area contributed by atoms with Gasteiger partial charge in [-0.3, -0.25) is 4.79 Å². The summed E-state index contributed by atoms with van der Waals surface area (Å²) >= 11 is 6.53. The molecule has 2 nitrogen and oxygen atoms in total. The number of ketones is 1. The molecule has 0 heterocycles. The van der Waals surface area contributed by atoms with Gasteiger partial charge in [-0.15, -0.1) is 6.42 Å². The minimum absolute atomic E-state index is 0.000242. The van der Waals surface area contributed by atoms with Gasteiger partial charge in [0.1, 0.15) is 5.60 Å². The number of alkyl halides is 2. The Bertz CT molecular complexity index is 1200. The van der Waals surface area contributed by atoms with Crippen LogP contribution in [0.5, 0.6) is 0 Å². The van der Waals surface area contributed by atoms with Crippen molar-refractivity contribution in [1.29, 1.82) is 0 Å². The SMILES string of the molecule is C#CC(F)(F)[C@]1(O)CC[C@H]2[C@@H]3CCC4=C(Cl)C(=O)CCC4=C3C(c3ccc(C4CC4)cc3)C[C@@]21C. The second-order valence-electron chi connectivity index (χ2n) is 11.6. The zero-order valence-corrected chi connectivity index (χ0v) is 20.8. The normalized spacial score (nSPS) is 37.0. The Morgan fingerprint density at radius 2 is 1.74 bits per heavy atom. The van der Waals surface area contributed by atoms with E-state index in [9.17, 15) is 9.90 Å². The largest absolute Gasteiger partial charge is 0.382 e. The molecule has 184 valence electrons. The van der Waals surface area contributed by atoms with Gasteiger partial charge in [-0.1, -0.05) is 48.4 Å². The van der Waals surface area contributed by atoms with Crippen molar-refractivity contribution >= 4 is 17.4 Å². The number of halogens is 3. The third-order valence-electron chi connectivity index (χ3n) is 10.1. The topological polar surface area (TPSA) is 37.3 Å². The number of carbonyl (C=O) groups excluding carboxylic acids is 1. The maximum absolute atomic E-state index is 15.2. The summed E-state index contributed by atoms with van der Waals surface area (Å²) in [5.74, 6) is -1.46. The lowest BCUT2D eigenvalue weighted by Gasteiger charge is -2.55. The molecule has 0 spiro atoms. The van der Waals surface area contributed by atoms with E-state index in [2.05, 4.69) is 24.3 Å². The number of carbonyl (C=O) groups is 1. The van der Waals surface area contributed by atoms with E-state index in [1.807, 2.05) is 6.92 Å². The monoisotopic (exact) mass is 496 g/mol. The van der Waals surface area contributed by atoms with Gasteiger partial charge in [-0.25, -0.2) is 0 Å². The van der Waals surface area contributed by atoms with Crippen LogP contribution in [0.1, 0.15) is 87.7 Å². The van der Waals surface area contributed by atoms with E-state index < -0.39 is 16.9 Å². The lowest BCUT2D eigenvalue weighted by Crippen LogP contribution is -2.60. The highest BCUT2D eigenvalue weighted by atomic mass is 35.5.